The molecule has 8 rings (SSSR count). The molecule has 0 bridgehead atoms. The molecule has 0 saturated heterocycles. The summed E-state index contributed by atoms with van der Waals surface area (Å²) in [6.45, 7) is 5.99. The number of likely N-dealkylation sites (N-methyl/N-ethyl adjacent to an activating group) is 1. The Bertz CT molecular complexity index is 4690. The van der Waals surface area contributed by atoms with Crippen molar-refractivity contribution >= 4 is 47.1 Å². The number of esters is 2. The number of amides is 1. The predicted octanol–water partition coefficient (Wildman–Crippen LogP) is 6.79. The number of hydrogen-bond donors (Lipinski definition) is 8. The van der Waals surface area contributed by atoms with Crippen molar-refractivity contribution in [2.75, 3.05) is 28.3 Å². The fraction of sp³-hybridized carbons (Fsp3) is 0.284. The van der Waals surface area contributed by atoms with Gasteiger partial charge in [0.1, 0.15) is 46.4 Å². The number of ether oxygens (including phenoxy) is 2. The number of methoxy groups -OCH3 is 2. The van der Waals surface area contributed by atoms with Crippen LogP contribution < -0.4 is 46.8 Å². The van der Waals surface area contributed by atoms with Crippen molar-refractivity contribution in [1.29, 1.82) is 0 Å². The zero-order valence-electron chi connectivity index (χ0n) is 57.9. The van der Waals surface area contributed by atoms with Gasteiger partial charge >= 0.3 is 67.4 Å². The van der Waals surface area contributed by atoms with Crippen LogP contribution in [-0.2, 0) is 53.4 Å². The van der Waals surface area contributed by atoms with E-state index in [2.05, 4.69) is 49.3 Å². The van der Waals surface area contributed by atoms with Gasteiger partial charge in [-0.25, -0.2) is 24.7 Å². The second-order valence-electron chi connectivity index (χ2n) is 22.3. The normalized spacial score (nSPS) is 12.1. The Kier molecular flexibility index (Phi) is 34.9. The maximum atomic E-state index is 12.7. The fourth-order valence-corrected chi connectivity index (χ4v) is 9.07. The molecular weight excluding hydrogens is 1470 g/mol. The molecule has 0 fully saturated rings. The first kappa shape index (κ1) is 92.5. The first-order valence-electron chi connectivity index (χ1n) is 30.0. The molecule has 108 heavy (non-hydrogen) atoms. The molecule has 0 aliphatic heterocycles. The van der Waals surface area contributed by atoms with Crippen molar-refractivity contribution in [3.8, 4) is 0 Å². The molecule has 0 spiro atoms. The zero-order chi connectivity index (χ0) is 81.4. The predicted molar refractivity (Wildman–Crippen MR) is 350 cm³/mol. The Morgan fingerprint density at radius 1 is 0.426 bits per heavy atom. The average Bonchev–Trinajstić information content (AvgIpc) is 0.826. The molecule has 4 aromatic carbocycles. The van der Waals surface area contributed by atoms with Crippen LogP contribution in [0.3, 0.4) is 0 Å². The summed E-state index contributed by atoms with van der Waals surface area (Å²) in [5.74, 6) is -4.06. The van der Waals surface area contributed by atoms with Crippen molar-refractivity contribution in [3.05, 3.63) is 259 Å². The van der Waals surface area contributed by atoms with E-state index >= 15 is 0 Å². The van der Waals surface area contributed by atoms with Crippen molar-refractivity contribution < 1.29 is 135 Å². The van der Waals surface area contributed by atoms with Gasteiger partial charge in [-0.1, -0.05) is 48.5 Å². The van der Waals surface area contributed by atoms with Crippen LogP contribution in [0.5, 0.6) is 0 Å². The molecular formula is C67H64F12LiN11O17. The second-order valence-corrected chi connectivity index (χ2v) is 22.3. The van der Waals surface area contributed by atoms with Crippen LogP contribution in [0.1, 0.15) is 153 Å². The monoisotopic (exact) mass is 1530 g/mol. The van der Waals surface area contributed by atoms with Crippen LogP contribution in [0.4, 0.5) is 52.7 Å². The van der Waals surface area contributed by atoms with Gasteiger partial charge in [0.15, 0.2) is 23.0 Å². The van der Waals surface area contributed by atoms with E-state index in [1.807, 2.05) is 0 Å². The molecule has 4 heterocycles. The standard InChI is InChI=1S/C18H18F3N3O3.C17H15F3N2O4.C16H13F3N2O4.C10H10F3NO2.C6H6N2O3.Li.H2NO/c1-10-22-14(9-16(26)23-10)15(25)8-13(17(27)24(2)3)11-4-6-12(7-5-11)18(19,20)21;1-9-21-13(8-15(24)22-9)14(23)7-12(16(25)26-2)10-3-5-11(6-4-10)17(18,19)20;1-8-20-12(7-14(23)21-8)13(22)6-11(15(24)25)9-2-4-10(5-3-9)16(17,18)19;1-16-9(15)8(14)6-2-4-7(5-3-6)10(11,12)13;1-3-7-4(6(10)11)2-5(9)8-3;;1-2/h4-7,9,13H,8H2,1-3H3,(H,22,23,26);3-6,8,12H,7H2,1-2H3,(H,21,22,24);2-5,7,11H,6H2,1H3,(H,24,25)(H,20,21,23);2-5,8H,14H2,1H3;2H,1H3,(H,10,11)(H,7,8,9);;1-2H/q;;;;;+1;-1. The SMILES string of the molecule is COC(=O)C(CC(=O)c1cc(=O)[nH]c(C)n1)c1ccc(C(F)(F)F)cc1.COC(=O)C(N)c1ccc(C(F)(F)F)cc1.Cc1nc(C(=O)CC(C(=O)N(C)C)c2ccc(C(F)(F)F)cc2)cc(=O)[nH]1.Cc1nc(C(=O)CC(C(=O)O)c2ccc(C(F)(F)F)cc2)cc(=O)[nH]1.Cc1nc(C(=O)O)cc(=O)[nH]1.[Li+].[NH-]O. The number of rotatable bonds is 18. The number of aromatic nitrogens is 8. The molecule has 4 aromatic heterocycles. The van der Waals surface area contributed by atoms with E-state index in [-0.39, 0.29) is 87.8 Å². The smallest absolute Gasteiger partial charge is 0.553 e. The Balaban J connectivity index is 0.000000467. The van der Waals surface area contributed by atoms with E-state index < -0.39 is 153 Å². The first-order valence-corrected chi connectivity index (χ1v) is 30.0. The number of nitrogens with two attached hydrogens (primary N) is 1. The van der Waals surface area contributed by atoms with Crippen molar-refractivity contribution in [2.45, 2.75) is 95.5 Å². The number of carboxylic acids is 2. The van der Waals surface area contributed by atoms with Gasteiger partial charge < -0.3 is 61.4 Å². The van der Waals surface area contributed by atoms with Crippen molar-refractivity contribution in [3.63, 3.8) is 0 Å². The molecule has 41 heteroatoms. The number of carbonyl (C=O) groups is 8. The third kappa shape index (κ3) is 29.0. The molecule has 0 radical (unpaired) electrons. The van der Waals surface area contributed by atoms with E-state index in [0.29, 0.717) is 5.82 Å². The number of aromatic amines is 4. The molecule has 0 aliphatic carbocycles. The van der Waals surface area contributed by atoms with Crippen LogP contribution in [-0.4, -0.2) is 136 Å². The number of ketones is 3. The summed E-state index contributed by atoms with van der Waals surface area (Å²) >= 11 is 0. The number of benzene rings is 4. The molecule has 574 valence electrons. The van der Waals surface area contributed by atoms with Gasteiger partial charge in [0, 0.05) is 57.6 Å². The van der Waals surface area contributed by atoms with Gasteiger partial charge in [0.05, 0.1) is 54.2 Å². The number of aryl methyl sites for hydroxylation is 4. The van der Waals surface area contributed by atoms with Crippen LogP contribution >= 0.6 is 0 Å². The molecule has 0 saturated carbocycles. The van der Waals surface area contributed by atoms with Gasteiger partial charge in [-0.3, -0.25) is 52.7 Å². The van der Waals surface area contributed by atoms with E-state index in [1.54, 1.807) is 0 Å². The van der Waals surface area contributed by atoms with E-state index in [1.165, 1.54) is 58.8 Å². The molecule has 28 nitrogen and oxygen atoms in total. The fourth-order valence-electron chi connectivity index (χ4n) is 9.07. The summed E-state index contributed by atoms with van der Waals surface area (Å²) in [5, 5.41) is 24.0. The Morgan fingerprint density at radius 3 is 0.917 bits per heavy atom. The molecule has 0 aliphatic rings. The number of nitrogens with zero attached hydrogens (tertiary/aromatic N) is 5. The van der Waals surface area contributed by atoms with Crippen molar-refractivity contribution in [1.82, 2.24) is 44.8 Å². The minimum atomic E-state index is -4.54. The number of alkyl halides is 12. The maximum absolute atomic E-state index is 12.7. The Labute approximate surface area is 613 Å². The number of aliphatic carboxylic acids is 1. The first-order chi connectivity index (χ1) is 49.6. The number of hydrogen-bond acceptors (Lipinski definition) is 20. The molecule has 10 N–H and O–H groups in total. The number of H-pyrrole nitrogens is 4. The number of halogens is 12. The van der Waals surface area contributed by atoms with E-state index in [9.17, 15) is 115 Å². The number of Topliss-reactive ketones (excluding diaryl/α,β-unsaturated/α-hetero) is 3. The molecule has 4 atom stereocenters. The largest absolute Gasteiger partial charge is 1.00 e. The van der Waals surface area contributed by atoms with Crippen molar-refractivity contribution in [2.24, 2.45) is 5.73 Å². The number of aromatic carboxylic acids is 1. The summed E-state index contributed by atoms with van der Waals surface area (Å²) in [6, 6.07) is 18.4. The minimum absolute atomic E-state index is 0. The molecule has 4 unspecified atom stereocenters. The van der Waals surface area contributed by atoms with Gasteiger partial charge in [-0.15, -0.1) is 0 Å². The Morgan fingerprint density at radius 2 is 0.667 bits per heavy atom. The molecule has 8 aromatic rings. The summed E-state index contributed by atoms with van der Waals surface area (Å²) < 4.78 is 160. The Hall–Kier alpha value is -11.6. The second kappa shape index (κ2) is 40.8. The van der Waals surface area contributed by atoms with Crippen LogP contribution in [0.25, 0.3) is 5.90 Å². The third-order valence-electron chi connectivity index (χ3n) is 14.2. The van der Waals surface area contributed by atoms with Gasteiger partial charge in [-0.2, -0.15) is 52.7 Å². The van der Waals surface area contributed by atoms with Gasteiger partial charge in [0.25, 0.3) is 22.2 Å². The number of carboxylic acid groups (broad SMARTS) is 2. The average molecular weight is 1530 g/mol. The topological polar surface area (TPSA) is 452 Å². The number of carbonyl (C=O) groups excluding carboxylic acids is 6. The van der Waals surface area contributed by atoms with E-state index in [0.717, 1.165) is 123 Å². The summed E-state index contributed by atoms with van der Waals surface area (Å²) in [4.78, 5) is 165. The van der Waals surface area contributed by atoms with Gasteiger partial charge in [0.2, 0.25) is 5.91 Å². The summed E-state index contributed by atoms with van der Waals surface area (Å²) in [7, 11) is 5.24. The van der Waals surface area contributed by atoms with Crippen LogP contribution in [0.2, 0.25) is 0 Å². The maximum Gasteiger partial charge on any atom is 1.00 e. The van der Waals surface area contributed by atoms with E-state index in [4.69, 9.17) is 21.9 Å². The zero-order valence-corrected chi connectivity index (χ0v) is 57.9. The summed E-state index contributed by atoms with van der Waals surface area (Å²) in [6.07, 6.45) is -19.2. The van der Waals surface area contributed by atoms with Gasteiger partial charge in [-0.05, 0) is 98.5 Å². The molecule has 1 amide bonds. The van der Waals surface area contributed by atoms with Crippen LogP contribution in [0.15, 0.2) is 141 Å². The quantitative estimate of drug-likeness (QED) is 0.0144. The summed E-state index contributed by atoms with van der Waals surface area (Å²) in [5.41, 5.74) is 0.140. The number of nitrogens with one attached hydrogen (secondary N) is 5. The third-order valence-corrected chi connectivity index (χ3v) is 14.2. The minimum Gasteiger partial charge on any atom is -0.553 e. The van der Waals surface area contributed by atoms with Crippen LogP contribution in [0, 0.1) is 27.7 Å².